The molecule has 1 atom stereocenters. The van der Waals surface area contributed by atoms with Gasteiger partial charge in [0, 0.05) is 37.9 Å². The number of sulfone groups is 1. The molecule has 0 aliphatic carbocycles. The van der Waals surface area contributed by atoms with Crippen LogP contribution < -0.4 is 5.48 Å². The minimum Gasteiger partial charge on any atom is -0.396 e. The predicted molar refractivity (Wildman–Crippen MR) is 119 cm³/mol. The van der Waals surface area contributed by atoms with Crippen LogP contribution in [0.15, 0.2) is 24.3 Å². The molecule has 0 spiro atoms. The van der Waals surface area contributed by atoms with Crippen LogP contribution in [0, 0.1) is 23.7 Å². The van der Waals surface area contributed by atoms with Gasteiger partial charge >= 0.3 is 0 Å². The lowest BCUT2D eigenvalue weighted by Crippen LogP contribution is -2.51. The van der Waals surface area contributed by atoms with Crippen molar-refractivity contribution in [3.8, 4) is 23.7 Å². The number of allylic oxidation sites excluding steroid dienone is 2. The first-order valence-electron chi connectivity index (χ1n) is 9.94. The zero-order valence-electron chi connectivity index (χ0n) is 18.2. The number of amides is 1. The summed E-state index contributed by atoms with van der Waals surface area (Å²) in [5.74, 6) is 10.4. The first-order chi connectivity index (χ1) is 14.2. The number of hydrogen-bond donors (Lipinski definition) is 3. The Kier molecular flexibility index (Phi) is 13.8. The average molecular weight is 439 g/mol. The van der Waals surface area contributed by atoms with Crippen molar-refractivity contribution in [2.45, 2.75) is 50.7 Å². The maximum Gasteiger partial charge on any atom is 0.264 e. The number of hydroxylamine groups is 1. The summed E-state index contributed by atoms with van der Waals surface area (Å²) in [7, 11) is -3.75. The molecule has 0 aliphatic rings. The topological polar surface area (TPSA) is 107 Å². The van der Waals surface area contributed by atoms with Crippen molar-refractivity contribution < 1.29 is 23.5 Å². The van der Waals surface area contributed by atoms with Gasteiger partial charge in [-0.15, -0.1) is 0 Å². The molecule has 0 aliphatic heterocycles. The summed E-state index contributed by atoms with van der Waals surface area (Å²) in [6, 6.07) is 0. The van der Waals surface area contributed by atoms with Gasteiger partial charge in [0.15, 0.2) is 14.6 Å². The Balaban J connectivity index is 5.43. The van der Waals surface area contributed by atoms with E-state index >= 15 is 0 Å². The normalized spacial score (nSPS) is 13.5. The maximum atomic E-state index is 12.2. The molecule has 0 heterocycles. The fourth-order valence-corrected chi connectivity index (χ4v) is 3.36. The number of carbonyl (C=O) groups excluding carboxylic acids is 1. The third-order valence-corrected chi connectivity index (χ3v) is 6.71. The molecule has 0 rings (SSSR count). The Labute approximate surface area is 181 Å². The predicted octanol–water partition coefficient (Wildman–Crippen LogP) is 1.68. The summed E-state index contributed by atoms with van der Waals surface area (Å²) in [5, 5.41) is 17.7. The van der Waals surface area contributed by atoms with Crippen LogP contribution in [0.2, 0.25) is 0 Å². The van der Waals surface area contributed by atoms with E-state index in [-0.39, 0.29) is 13.0 Å². The van der Waals surface area contributed by atoms with E-state index in [4.69, 9.17) is 10.3 Å². The van der Waals surface area contributed by atoms with Crippen LogP contribution in [0.5, 0.6) is 0 Å². The lowest BCUT2D eigenvalue weighted by molar-refractivity contribution is -0.131. The lowest BCUT2D eigenvalue weighted by Gasteiger charge is -2.29. The molecule has 7 nitrogen and oxygen atoms in total. The third-order valence-electron chi connectivity index (χ3n) is 4.68. The first-order valence-corrected chi connectivity index (χ1v) is 11.8. The summed E-state index contributed by atoms with van der Waals surface area (Å²) in [4.78, 5) is 14.1. The van der Waals surface area contributed by atoms with E-state index in [2.05, 4.69) is 37.2 Å². The zero-order valence-corrected chi connectivity index (χ0v) is 19.0. The summed E-state index contributed by atoms with van der Waals surface area (Å²) in [6.45, 7) is 8.66. The minimum absolute atomic E-state index is 0.0255. The molecule has 0 bridgehead atoms. The first kappa shape index (κ1) is 27.9. The van der Waals surface area contributed by atoms with Gasteiger partial charge in [-0.1, -0.05) is 37.8 Å². The third kappa shape index (κ3) is 10.1. The van der Waals surface area contributed by atoms with E-state index in [1.807, 2.05) is 4.90 Å². The molecule has 8 heteroatoms. The van der Waals surface area contributed by atoms with E-state index in [0.29, 0.717) is 32.5 Å². The van der Waals surface area contributed by atoms with Gasteiger partial charge in [0.2, 0.25) is 0 Å². The van der Waals surface area contributed by atoms with Crippen molar-refractivity contribution in [3.05, 3.63) is 24.3 Å². The Hall–Kier alpha value is -2.10. The van der Waals surface area contributed by atoms with Crippen LogP contribution >= 0.6 is 0 Å². The van der Waals surface area contributed by atoms with Gasteiger partial charge in [0.1, 0.15) is 0 Å². The highest BCUT2D eigenvalue weighted by molar-refractivity contribution is 7.92. The fourth-order valence-electron chi connectivity index (χ4n) is 2.51. The smallest absolute Gasteiger partial charge is 0.264 e. The molecule has 0 aromatic carbocycles. The van der Waals surface area contributed by atoms with E-state index < -0.39 is 20.5 Å². The van der Waals surface area contributed by atoms with Gasteiger partial charge in [0.25, 0.3) is 5.91 Å². The number of unbranched alkanes of at least 4 members (excludes halogenated alkanes) is 2. The number of rotatable bonds is 13. The van der Waals surface area contributed by atoms with Crippen LogP contribution in [0.4, 0.5) is 0 Å². The van der Waals surface area contributed by atoms with E-state index in [1.165, 1.54) is 12.4 Å². The second kappa shape index (κ2) is 14.8. The molecule has 0 radical (unpaired) electrons. The minimum atomic E-state index is -3.75. The Morgan fingerprint density at radius 2 is 1.97 bits per heavy atom. The number of carbonyl (C=O) groups is 1. The summed E-state index contributed by atoms with van der Waals surface area (Å²) in [5.41, 5.74) is 2.24. The van der Waals surface area contributed by atoms with Crippen LogP contribution in [-0.2, 0) is 14.6 Å². The Morgan fingerprint density at radius 1 is 1.27 bits per heavy atom. The number of hydrogen-bond acceptors (Lipinski definition) is 6. The molecule has 0 aromatic rings. The molecule has 1 amide bonds. The van der Waals surface area contributed by atoms with Crippen molar-refractivity contribution in [1.29, 1.82) is 0 Å². The second-order valence-electron chi connectivity index (χ2n) is 7.13. The van der Waals surface area contributed by atoms with Crippen LogP contribution in [0.25, 0.3) is 0 Å². The monoisotopic (exact) mass is 438 g/mol. The number of nitrogens with zero attached hydrogens (tertiary/aromatic N) is 1. The quantitative estimate of drug-likeness (QED) is 0.133. The molecule has 0 saturated heterocycles. The van der Waals surface area contributed by atoms with Crippen molar-refractivity contribution in [3.63, 3.8) is 0 Å². The number of nitrogens with one attached hydrogen (secondary N) is 1. The summed E-state index contributed by atoms with van der Waals surface area (Å²) in [6.07, 6.45) is 7.45. The molecule has 168 valence electrons. The highest BCUT2D eigenvalue weighted by Crippen LogP contribution is 2.22. The number of aliphatic hydroxyl groups excluding tert-OH is 1. The van der Waals surface area contributed by atoms with E-state index in [0.717, 1.165) is 24.7 Å². The Bertz CT molecular complexity index is 812. The van der Waals surface area contributed by atoms with Crippen LogP contribution in [0.1, 0.15) is 46.0 Å². The molecule has 30 heavy (non-hydrogen) atoms. The molecule has 0 saturated carbocycles. The Morgan fingerprint density at radius 3 is 2.50 bits per heavy atom. The molecule has 0 aromatic heterocycles. The molecule has 1 unspecified atom stereocenters. The average Bonchev–Trinajstić information content (AvgIpc) is 2.70. The van der Waals surface area contributed by atoms with Gasteiger partial charge in [-0.05, 0) is 50.6 Å². The van der Waals surface area contributed by atoms with Crippen LogP contribution in [-0.4, -0.2) is 66.8 Å². The standard InChI is InChI=1S/C22H34N2O5S/c1-5-7-16-24(17-15-22(3,21(26)23-27)30(4,28)29)19-20(13-6-2)14-11-9-8-10-12-18-25/h6,13,25,27H,2,5,7,10,12,15-19H2,1,3-4H3,(H,23,26)/b20-13-. The SMILES string of the molecule is C=C/C=C(/C#CC#CCCCO)CN(CCCC)CCC(C)(C(=O)NO)S(C)(=O)=O. The zero-order chi connectivity index (χ0) is 23.0. The number of aliphatic hydroxyl groups is 1. The van der Waals surface area contributed by atoms with Crippen LogP contribution in [0.3, 0.4) is 0 Å². The van der Waals surface area contributed by atoms with E-state index in [9.17, 15) is 13.2 Å². The highest BCUT2D eigenvalue weighted by atomic mass is 32.2. The summed E-state index contributed by atoms with van der Waals surface area (Å²) < 4.78 is 22.6. The molecular formula is C22H34N2O5S. The molecule has 3 N–H and O–H groups in total. The maximum absolute atomic E-state index is 12.2. The lowest BCUT2D eigenvalue weighted by atomic mass is 10.1. The largest absolute Gasteiger partial charge is 0.396 e. The van der Waals surface area contributed by atoms with Crippen molar-refractivity contribution in [1.82, 2.24) is 10.4 Å². The van der Waals surface area contributed by atoms with Gasteiger partial charge in [-0.2, -0.15) is 0 Å². The molecule has 0 fully saturated rings. The molecular weight excluding hydrogens is 404 g/mol. The summed E-state index contributed by atoms with van der Waals surface area (Å²) >= 11 is 0. The van der Waals surface area contributed by atoms with Gasteiger partial charge < -0.3 is 5.11 Å². The van der Waals surface area contributed by atoms with Gasteiger partial charge in [-0.25, -0.2) is 13.9 Å². The van der Waals surface area contributed by atoms with Crippen molar-refractivity contribution in [2.75, 3.05) is 32.5 Å². The highest BCUT2D eigenvalue weighted by Gasteiger charge is 2.43. The van der Waals surface area contributed by atoms with Crippen molar-refractivity contribution in [2.24, 2.45) is 0 Å². The van der Waals surface area contributed by atoms with Gasteiger partial charge in [-0.3, -0.25) is 14.9 Å². The van der Waals surface area contributed by atoms with Crippen molar-refractivity contribution >= 4 is 15.7 Å². The van der Waals surface area contributed by atoms with Gasteiger partial charge in [0.05, 0.1) is 0 Å². The van der Waals surface area contributed by atoms with E-state index in [1.54, 1.807) is 12.2 Å². The second-order valence-corrected chi connectivity index (χ2v) is 9.58. The fraction of sp³-hybridized carbons (Fsp3) is 0.591.